The number of aromatic nitrogens is 1. The third-order valence-electron chi connectivity index (χ3n) is 4.08. The summed E-state index contributed by atoms with van der Waals surface area (Å²) in [5.41, 5.74) is 1.16. The Labute approximate surface area is 139 Å². The third kappa shape index (κ3) is 3.78. The van der Waals surface area contributed by atoms with Gasteiger partial charge in [-0.25, -0.2) is 13.4 Å². The summed E-state index contributed by atoms with van der Waals surface area (Å²) in [6, 6.07) is 3.12. The van der Waals surface area contributed by atoms with Gasteiger partial charge in [-0.2, -0.15) is 5.10 Å². The summed E-state index contributed by atoms with van der Waals surface area (Å²) in [7, 11) is -3.12. The Kier molecular flexibility index (Phi) is 4.61. The van der Waals surface area contributed by atoms with Crippen LogP contribution in [-0.4, -0.2) is 53.5 Å². The molecule has 8 nitrogen and oxygen atoms in total. The summed E-state index contributed by atoms with van der Waals surface area (Å²) in [5.74, 6) is -0.609. The molecule has 1 aromatic rings. The number of carbonyl (C=O) groups excluding carboxylic acids is 2. The van der Waals surface area contributed by atoms with Crippen LogP contribution in [0.5, 0.6) is 0 Å². The van der Waals surface area contributed by atoms with Crippen molar-refractivity contribution in [3.05, 3.63) is 30.1 Å². The van der Waals surface area contributed by atoms with E-state index in [4.69, 9.17) is 0 Å². The maximum absolute atomic E-state index is 12.3. The molecule has 1 saturated heterocycles. The van der Waals surface area contributed by atoms with Crippen molar-refractivity contribution in [1.29, 1.82) is 0 Å². The molecule has 1 fully saturated rings. The second-order valence-corrected chi connectivity index (χ2v) is 8.11. The lowest BCUT2D eigenvalue weighted by atomic mass is 10.1. The number of amides is 2. The quantitative estimate of drug-likeness (QED) is 0.813. The van der Waals surface area contributed by atoms with Gasteiger partial charge in [0.05, 0.1) is 17.5 Å². The van der Waals surface area contributed by atoms with Gasteiger partial charge in [0.1, 0.15) is 5.71 Å². The number of hydrazone groups is 1. The maximum atomic E-state index is 12.3. The molecule has 3 rings (SSSR count). The molecule has 0 aliphatic carbocycles. The Bertz CT molecular complexity index is 776. The Morgan fingerprint density at radius 2 is 2.04 bits per heavy atom. The molecule has 2 amide bonds. The molecule has 1 N–H and O–H groups in total. The van der Waals surface area contributed by atoms with Gasteiger partial charge in [-0.15, -0.1) is 0 Å². The number of carbonyl (C=O) groups is 2. The van der Waals surface area contributed by atoms with Gasteiger partial charge >= 0.3 is 0 Å². The largest absolute Gasteiger partial charge is 0.347 e. The Morgan fingerprint density at radius 3 is 2.71 bits per heavy atom. The molecule has 3 heterocycles. The fraction of sp³-hybridized carbons (Fsp3) is 0.467. The molecule has 2 aliphatic heterocycles. The zero-order valence-electron chi connectivity index (χ0n) is 13.0. The summed E-state index contributed by atoms with van der Waals surface area (Å²) in [6.07, 6.45) is 4.07. The first kappa shape index (κ1) is 16.6. The summed E-state index contributed by atoms with van der Waals surface area (Å²) >= 11 is 0. The minimum absolute atomic E-state index is 0.0561. The highest BCUT2D eigenvalue weighted by Crippen LogP contribution is 2.22. The van der Waals surface area contributed by atoms with Gasteiger partial charge in [0.25, 0.3) is 5.91 Å². The lowest BCUT2D eigenvalue weighted by molar-refractivity contribution is -0.133. The van der Waals surface area contributed by atoms with Crippen LogP contribution < -0.4 is 5.32 Å². The van der Waals surface area contributed by atoms with Crippen molar-refractivity contribution in [1.82, 2.24) is 15.3 Å². The molecule has 1 atom stereocenters. The normalized spacial score (nSPS) is 23.0. The van der Waals surface area contributed by atoms with Crippen LogP contribution in [-0.2, 0) is 26.0 Å². The molecule has 0 aromatic carbocycles. The van der Waals surface area contributed by atoms with E-state index in [1.807, 2.05) is 0 Å². The molecule has 0 unspecified atom stereocenters. The summed E-state index contributed by atoms with van der Waals surface area (Å²) < 4.78 is 23.2. The Morgan fingerprint density at radius 1 is 1.29 bits per heavy atom. The Balaban J connectivity index is 1.67. The van der Waals surface area contributed by atoms with E-state index in [2.05, 4.69) is 15.4 Å². The van der Waals surface area contributed by atoms with E-state index in [0.717, 1.165) is 5.56 Å². The van der Waals surface area contributed by atoms with Crippen LogP contribution in [0.15, 0.2) is 29.6 Å². The number of pyridine rings is 1. The maximum Gasteiger partial charge on any atom is 0.267 e. The molecule has 128 valence electrons. The van der Waals surface area contributed by atoms with Gasteiger partial charge in [0.2, 0.25) is 5.91 Å². The van der Waals surface area contributed by atoms with Crippen LogP contribution in [0.2, 0.25) is 0 Å². The van der Waals surface area contributed by atoms with E-state index in [1.54, 1.807) is 24.5 Å². The van der Waals surface area contributed by atoms with Gasteiger partial charge in [0, 0.05) is 31.8 Å². The zero-order chi connectivity index (χ0) is 17.2. The van der Waals surface area contributed by atoms with Crippen LogP contribution in [0, 0.1) is 0 Å². The van der Waals surface area contributed by atoms with E-state index >= 15 is 0 Å². The van der Waals surface area contributed by atoms with Gasteiger partial charge in [-0.1, -0.05) is 0 Å². The van der Waals surface area contributed by atoms with Crippen LogP contribution in [0.3, 0.4) is 0 Å². The molecule has 0 saturated carbocycles. The van der Waals surface area contributed by atoms with E-state index in [0.29, 0.717) is 13.0 Å². The topological polar surface area (TPSA) is 109 Å². The zero-order valence-corrected chi connectivity index (χ0v) is 13.8. The molecule has 9 heteroatoms. The van der Waals surface area contributed by atoms with Crippen LogP contribution in [0.1, 0.15) is 24.8 Å². The SMILES string of the molecule is O=C(NCc1ccncc1)C1=NN([C@H]2CCS(=O)(=O)C2)C(=O)CC1. The molecule has 24 heavy (non-hydrogen) atoms. The predicted octanol–water partition coefficient (Wildman–Crippen LogP) is -0.137. The lowest BCUT2D eigenvalue weighted by Gasteiger charge is -2.27. The number of sulfone groups is 1. The van der Waals surface area contributed by atoms with Crippen LogP contribution >= 0.6 is 0 Å². The first-order valence-corrected chi connectivity index (χ1v) is 9.54. The van der Waals surface area contributed by atoms with Crippen molar-refractivity contribution in [3.63, 3.8) is 0 Å². The van der Waals surface area contributed by atoms with E-state index in [-0.39, 0.29) is 41.9 Å². The van der Waals surface area contributed by atoms with Crippen molar-refractivity contribution >= 4 is 27.4 Å². The van der Waals surface area contributed by atoms with Crippen molar-refractivity contribution in [2.24, 2.45) is 5.10 Å². The standard InChI is InChI=1S/C15H18N4O4S/c20-14-2-1-13(15(21)17-9-11-3-6-16-7-4-11)18-19(14)12-5-8-24(22,23)10-12/h3-4,6-7,12H,1-2,5,8-10H2,(H,17,21)/t12-/m0/s1. The molecule has 0 radical (unpaired) electrons. The van der Waals surface area contributed by atoms with Gasteiger partial charge < -0.3 is 5.32 Å². The summed E-state index contributed by atoms with van der Waals surface area (Å²) in [5, 5.41) is 8.08. The van der Waals surface area contributed by atoms with Gasteiger partial charge in [0.15, 0.2) is 9.84 Å². The fourth-order valence-electron chi connectivity index (χ4n) is 2.77. The summed E-state index contributed by atoms with van der Waals surface area (Å²) in [6.45, 7) is 0.339. The van der Waals surface area contributed by atoms with Crippen molar-refractivity contribution in [3.8, 4) is 0 Å². The average Bonchev–Trinajstić information content (AvgIpc) is 2.94. The van der Waals surface area contributed by atoms with Gasteiger partial charge in [-0.05, 0) is 24.1 Å². The number of hydrogen-bond donors (Lipinski definition) is 1. The minimum atomic E-state index is -3.12. The van der Waals surface area contributed by atoms with Gasteiger partial charge in [-0.3, -0.25) is 14.6 Å². The first-order chi connectivity index (χ1) is 11.4. The number of hydrogen-bond acceptors (Lipinski definition) is 6. The second-order valence-electron chi connectivity index (χ2n) is 5.88. The number of nitrogens with zero attached hydrogens (tertiary/aromatic N) is 3. The average molecular weight is 350 g/mol. The molecular weight excluding hydrogens is 332 g/mol. The smallest absolute Gasteiger partial charge is 0.267 e. The van der Waals surface area contributed by atoms with Crippen molar-refractivity contribution in [2.45, 2.75) is 31.8 Å². The summed E-state index contributed by atoms with van der Waals surface area (Å²) in [4.78, 5) is 28.2. The minimum Gasteiger partial charge on any atom is -0.347 e. The molecule has 0 bridgehead atoms. The number of rotatable bonds is 4. The lowest BCUT2D eigenvalue weighted by Crippen LogP contribution is -2.43. The van der Waals surface area contributed by atoms with E-state index in [9.17, 15) is 18.0 Å². The van der Waals surface area contributed by atoms with Crippen LogP contribution in [0.25, 0.3) is 0 Å². The first-order valence-electron chi connectivity index (χ1n) is 7.72. The second kappa shape index (κ2) is 6.68. The van der Waals surface area contributed by atoms with Crippen molar-refractivity contribution in [2.75, 3.05) is 11.5 Å². The monoisotopic (exact) mass is 350 g/mol. The number of nitrogens with one attached hydrogen (secondary N) is 1. The molecule has 0 spiro atoms. The highest BCUT2D eigenvalue weighted by molar-refractivity contribution is 7.91. The van der Waals surface area contributed by atoms with E-state index < -0.39 is 15.9 Å². The van der Waals surface area contributed by atoms with Crippen LogP contribution in [0.4, 0.5) is 0 Å². The van der Waals surface area contributed by atoms with E-state index in [1.165, 1.54) is 5.01 Å². The van der Waals surface area contributed by atoms with Crippen molar-refractivity contribution < 1.29 is 18.0 Å². The third-order valence-corrected chi connectivity index (χ3v) is 5.83. The molecular formula is C15H18N4O4S. The Hall–Kier alpha value is -2.29. The highest BCUT2D eigenvalue weighted by Gasteiger charge is 2.37. The highest BCUT2D eigenvalue weighted by atomic mass is 32.2. The molecule has 1 aromatic heterocycles. The predicted molar refractivity (Wildman–Crippen MR) is 86.7 cm³/mol. The fourth-order valence-corrected chi connectivity index (χ4v) is 4.47. The molecule has 2 aliphatic rings.